The SMILES string of the molecule is C=N/C(=C(\C=NCc1ccccc1)c1ccc(-c2nc(Cl)nc3c2-c2ccccc2C3)cc1)c1ccccc1. The Labute approximate surface area is 233 Å². The fourth-order valence-electron chi connectivity index (χ4n) is 5.03. The summed E-state index contributed by atoms with van der Waals surface area (Å²) in [5.41, 5.74) is 11.0. The highest BCUT2D eigenvalue weighted by Crippen LogP contribution is 2.42. The summed E-state index contributed by atoms with van der Waals surface area (Å²) in [5.74, 6) is 0. The molecule has 0 saturated heterocycles. The van der Waals surface area contributed by atoms with E-state index >= 15 is 0 Å². The van der Waals surface area contributed by atoms with E-state index in [-0.39, 0.29) is 5.28 Å². The molecule has 5 aromatic rings. The quantitative estimate of drug-likeness (QED) is 0.120. The van der Waals surface area contributed by atoms with Crippen molar-refractivity contribution in [1.29, 1.82) is 0 Å². The first-order valence-electron chi connectivity index (χ1n) is 12.8. The molecule has 5 heteroatoms. The summed E-state index contributed by atoms with van der Waals surface area (Å²) < 4.78 is 0. The normalized spacial score (nSPS) is 12.6. The van der Waals surface area contributed by atoms with Crippen molar-refractivity contribution in [3.8, 4) is 22.4 Å². The summed E-state index contributed by atoms with van der Waals surface area (Å²) in [5, 5.41) is 0.261. The van der Waals surface area contributed by atoms with Crippen molar-refractivity contribution in [3.63, 3.8) is 0 Å². The summed E-state index contributed by atoms with van der Waals surface area (Å²) in [6, 6.07) is 36.9. The zero-order valence-corrected chi connectivity index (χ0v) is 22.0. The Morgan fingerprint density at radius 1 is 0.795 bits per heavy atom. The second kappa shape index (κ2) is 11.0. The molecule has 1 aliphatic rings. The highest BCUT2D eigenvalue weighted by molar-refractivity contribution is 6.28. The van der Waals surface area contributed by atoms with Crippen molar-refractivity contribution in [2.24, 2.45) is 9.98 Å². The number of nitrogens with zero attached hydrogens (tertiary/aromatic N) is 4. The van der Waals surface area contributed by atoms with Gasteiger partial charge >= 0.3 is 0 Å². The van der Waals surface area contributed by atoms with Crippen molar-refractivity contribution in [2.45, 2.75) is 13.0 Å². The van der Waals surface area contributed by atoms with Gasteiger partial charge in [0.1, 0.15) is 0 Å². The minimum atomic E-state index is 0.261. The molecule has 1 aliphatic carbocycles. The minimum Gasteiger partial charge on any atom is -0.288 e. The van der Waals surface area contributed by atoms with E-state index in [2.05, 4.69) is 82.3 Å². The summed E-state index contributed by atoms with van der Waals surface area (Å²) in [6.07, 6.45) is 2.66. The second-order valence-electron chi connectivity index (χ2n) is 9.32. The van der Waals surface area contributed by atoms with Crippen molar-refractivity contribution in [3.05, 3.63) is 142 Å². The number of allylic oxidation sites excluding steroid dienone is 1. The summed E-state index contributed by atoms with van der Waals surface area (Å²) in [6.45, 7) is 4.46. The lowest BCUT2D eigenvalue weighted by molar-refractivity contribution is 1.07. The van der Waals surface area contributed by atoms with Crippen LogP contribution in [0.15, 0.2) is 119 Å². The lowest BCUT2D eigenvalue weighted by atomic mass is 9.96. The lowest BCUT2D eigenvalue weighted by Crippen LogP contribution is -1.97. The lowest BCUT2D eigenvalue weighted by Gasteiger charge is -2.12. The van der Waals surface area contributed by atoms with Crippen molar-refractivity contribution in [1.82, 2.24) is 9.97 Å². The molecule has 0 spiro atoms. The maximum atomic E-state index is 6.37. The van der Waals surface area contributed by atoms with Crippen molar-refractivity contribution >= 4 is 35.8 Å². The number of benzene rings is 4. The fourth-order valence-corrected chi connectivity index (χ4v) is 5.22. The van der Waals surface area contributed by atoms with Crippen LogP contribution in [-0.2, 0) is 13.0 Å². The molecule has 4 aromatic carbocycles. The van der Waals surface area contributed by atoms with Crippen LogP contribution in [0.2, 0.25) is 5.28 Å². The number of aliphatic imine (C=N–C) groups is 2. The number of hydrogen-bond donors (Lipinski definition) is 0. The van der Waals surface area contributed by atoms with E-state index < -0.39 is 0 Å². The molecule has 6 rings (SSSR count). The van der Waals surface area contributed by atoms with Gasteiger partial charge in [-0.2, -0.15) is 0 Å². The molecular weight excluding hydrogens is 500 g/mol. The van der Waals surface area contributed by atoms with Crippen LogP contribution in [0.3, 0.4) is 0 Å². The molecule has 0 atom stereocenters. The van der Waals surface area contributed by atoms with E-state index in [1.807, 2.05) is 54.7 Å². The zero-order valence-electron chi connectivity index (χ0n) is 21.3. The van der Waals surface area contributed by atoms with E-state index in [1.165, 1.54) is 11.1 Å². The van der Waals surface area contributed by atoms with E-state index in [0.717, 1.165) is 56.9 Å². The van der Waals surface area contributed by atoms with E-state index in [1.54, 1.807) is 0 Å². The molecule has 0 aliphatic heterocycles. The topological polar surface area (TPSA) is 50.5 Å². The fraction of sp³-hybridized carbons (Fsp3) is 0.0588. The predicted molar refractivity (Wildman–Crippen MR) is 162 cm³/mol. The van der Waals surface area contributed by atoms with Crippen LogP contribution in [0.5, 0.6) is 0 Å². The van der Waals surface area contributed by atoms with Crippen molar-refractivity contribution < 1.29 is 0 Å². The van der Waals surface area contributed by atoms with Gasteiger partial charge in [0.15, 0.2) is 0 Å². The van der Waals surface area contributed by atoms with Gasteiger partial charge < -0.3 is 0 Å². The Balaban J connectivity index is 1.42. The van der Waals surface area contributed by atoms with Gasteiger partial charge in [-0.05, 0) is 40.6 Å². The Morgan fingerprint density at radius 3 is 2.23 bits per heavy atom. The van der Waals surface area contributed by atoms with E-state index in [4.69, 9.17) is 16.6 Å². The first kappa shape index (κ1) is 24.7. The summed E-state index contributed by atoms with van der Waals surface area (Å²) >= 11 is 6.37. The zero-order chi connectivity index (χ0) is 26.6. The summed E-state index contributed by atoms with van der Waals surface area (Å²) in [4.78, 5) is 18.4. The smallest absolute Gasteiger partial charge is 0.223 e. The number of halogens is 1. The monoisotopic (exact) mass is 524 g/mol. The average Bonchev–Trinajstić information content (AvgIpc) is 3.36. The van der Waals surface area contributed by atoms with Crippen LogP contribution in [0.4, 0.5) is 0 Å². The van der Waals surface area contributed by atoms with Crippen LogP contribution in [-0.4, -0.2) is 22.9 Å². The van der Waals surface area contributed by atoms with Gasteiger partial charge in [-0.3, -0.25) is 9.98 Å². The molecule has 1 aromatic heterocycles. The predicted octanol–water partition coefficient (Wildman–Crippen LogP) is 8.21. The summed E-state index contributed by atoms with van der Waals surface area (Å²) in [7, 11) is 0. The molecule has 4 nitrogen and oxygen atoms in total. The van der Waals surface area contributed by atoms with E-state index in [9.17, 15) is 0 Å². The van der Waals surface area contributed by atoms with E-state index in [0.29, 0.717) is 6.54 Å². The second-order valence-corrected chi connectivity index (χ2v) is 9.65. The number of aromatic nitrogens is 2. The third-order valence-electron chi connectivity index (χ3n) is 6.87. The molecule has 0 radical (unpaired) electrons. The standard InChI is InChI=1S/C34H25ClN4/c1-36-32(25-12-6-3-7-13-25)29(22-37-21-23-10-4-2-5-11-23)24-16-18-26(19-17-24)33-31-28-15-9-8-14-27(28)20-30(31)38-34(35)39-33/h2-19,22H,1,20-21H2/b32-29+,37-22?. The first-order valence-corrected chi connectivity index (χ1v) is 13.1. The minimum absolute atomic E-state index is 0.261. The first-order chi connectivity index (χ1) is 19.2. The highest BCUT2D eigenvalue weighted by atomic mass is 35.5. The van der Waals surface area contributed by atoms with Gasteiger partial charge in [0.25, 0.3) is 0 Å². The van der Waals surface area contributed by atoms with Gasteiger partial charge in [-0.15, -0.1) is 0 Å². The van der Waals surface area contributed by atoms with Gasteiger partial charge in [0, 0.05) is 34.9 Å². The Hall–Kier alpha value is -4.67. The van der Waals surface area contributed by atoms with Crippen LogP contribution >= 0.6 is 11.6 Å². The molecule has 0 bridgehead atoms. The van der Waals surface area contributed by atoms with Gasteiger partial charge in [-0.1, -0.05) is 109 Å². The average molecular weight is 525 g/mol. The molecule has 0 fully saturated rings. The molecule has 188 valence electrons. The molecular formula is C34H25ClN4. The Bertz CT molecular complexity index is 1710. The maximum Gasteiger partial charge on any atom is 0.223 e. The van der Waals surface area contributed by atoms with Gasteiger partial charge in [0.05, 0.1) is 23.6 Å². The third kappa shape index (κ3) is 5.07. The van der Waals surface area contributed by atoms with Crippen LogP contribution < -0.4 is 0 Å². The largest absolute Gasteiger partial charge is 0.288 e. The number of hydrogen-bond acceptors (Lipinski definition) is 4. The molecule has 0 saturated carbocycles. The maximum absolute atomic E-state index is 6.37. The van der Waals surface area contributed by atoms with Crippen LogP contribution in [0, 0.1) is 0 Å². The number of fused-ring (bicyclic) bond motifs is 3. The van der Waals surface area contributed by atoms with Crippen LogP contribution in [0.25, 0.3) is 33.7 Å². The third-order valence-corrected chi connectivity index (χ3v) is 7.04. The van der Waals surface area contributed by atoms with Gasteiger partial charge in [-0.25, -0.2) is 9.97 Å². The Kier molecular flexibility index (Phi) is 6.94. The van der Waals surface area contributed by atoms with Gasteiger partial charge in [0.2, 0.25) is 5.28 Å². The van der Waals surface area contributed by atoms with Crippen molar-refractivity contribution in [2.75, 3.05) is 0 Å². The molecule has 0 unspecified atom stereocenters. The molecule has 1 heterocycles. The highest BCUT2D eigenvalue weighted by Gasteiger charge is 2.25. The number of rotatable bonds is 7. The molecule has 0 amide bonds. The molecule has 0 N–H and O–H groups in total. The molecule has 39 heavy (non-hydrogen) atoms. The van der Waals surface area contributed by atoms with Crippen LogP contribution in [0.1, 0.15) is 27.9 Å². The Morgan fingerprint density at radius 2 is 1.49 bits per heavy atom.